The van der Waals surface area contributed by atoms with Gasteiger partial charge in [0.1, 0.15) is 5.92 Å². The summed E-state index contributed by atoms with van der Waals surface area (Å²) in [5.74, 6) is -2.75. The molecular formula is C21H22O5. The van der Waals surface area contributed by atoms with Gasteiger partial charge in [-0.05, 0) is 43.9 Å². The minimum atomic E-state index is -1.01. The maximum atomic E-state index is 13.2. The van der Waals surface area contributed by atoms with Gasteiger partial charge in [-0.2, -0.15) is 0 Å². The molecule has 2 heterocycles. The first-order chi connectivity index (χ1) is 12.3. The highest BCUT2D eigenvalue weighted by molar-refractivity contribution is 6.17. The van der Waals surface area contributed by atoms with Crippen LogP contribution in [-0.2, 0) is 19.1 Å². The van der Waals surface area contributed by atoms with E-state index in [4.69, 9.17) is 9.84 Å². The summed E-state index contributed by atoms with van der Waals surface area (Å²) in [5, 5.41) is 8.85. The van der Waals surface area contributed by atoms with E-state index in [-0.39, 0.29) is 35.6 Å². The van der Waals surface area contributed by atoms with Crippen molar-refractivity contribution in [3.63, 3.8) is 0 Å². The number of aliphatic carboxylic acids is 1. The third kappa shape index (κ3) is 2.37. The highest BCUT2D eigenvalue weighted by Crippen LogP contribution is 2.55. The number of carbonyl (C=O) groups is 3. The maximum Gasteiger partial charge on any atom is 0.327 e. The largest absolute Gasteiger partial charge is 0.478 e. The van der Waals surface area contributed by atoms with Crippen molar-refractivity contribution in [3.8, 4) is 0 Å². The van der Waals surface area contributed by atoms with Crippen LogP contribution in [0.4, 0.5) is 0 Å². The molecule has 3 aliphatic rings. The van der Waals surface area contributed by atoms with Gasteiger partial charge in [-0.15, -0.1) is 0 Å². The maximum absolute atomic E-state index is 13.2. The average molecular weight is 354 g/mol. The second-order valence-corrected chi connectivity index (χ2v) is 7.84. The van der Waals surface area contributed by atoms with Crippen LogP contribution < -0.4 is 0 Å². The van der Waals surface area contributed by atoms with Crippen LogP contribution in [0.5, 0.6) is 0 Å². The first-order valence-corrected chi connectivity index (χ1v) is 9.01. The number of hydrogen-bond donors (Lipinski definition) is 1. The lowest BCUT2D eigenvalue weighted by Crippen LogP contribution is -2.34. The van der Waals surface area contributed by atoms with Crippen LogP contribution in [0.1, 0.15) is 34.6 Å². The molecule has 1 N–H and O–H groups in total. The number of hydrogen-bond acceptors (Lipinski definition) is 4. The zero-order valence-electron chi connectivity index (χ0n) is 15.1. The summed E-state index contributed by atoms with van der Waals surface area (Å²) in [6, 6.07) is 4.03. The number of carboxylic acids is 1. The second-order valence-electron chi connectivity index (χ2n) is 7.84. The second kappa shape index (κ2) is 5.88. The molecule has 0 spiro atoms. The molecule has 1 aromatic carbocycles. The Bertz CT molecular complexity index is 829. The number of carboxylic acid groups (broad SMARTS) is 1. The van der Waals surface area contributed by atoms with Crippen molar-refractivity contribution in [3.05, 3.63) is 46.5 Å². The summed E-state index contributed by atoms with van der Waals surface area (Å²) in [5.41, 5.74) is 3.91. The number of carbonyl (C=O) groups excluding carboxylic acids is 2. The highest BCUT2D eigenvalue weighted by atomic mass is 16.5. The van der Waals surface area contributed by atoms with Gasteiger partial charge in [0.05, 0.1) is 24.0 Å². The molecule has 1 saturated carbocycles. The molecule has 6 unspecified atom stereocenters. The standard InChI is InChI=1S/C21H22O5/c1-9-6-10(2)15(11(3)7-9)17-19(24)16-13-8-12(4-5-14(22)23)21(26-13)18(16)20(17)25/h4-7,12-13,16-18,21H,8H2,1-3H3,(H,22,23). The van der Waals surface area contributed by atoms with E-state index in [0.29, 0.717) is 6.42 Å². The Morgan fingerprint density at radius 2 is 1.73 bits per heavy atom. The number of aryl methyl sites for hydroxylation is 3. The molecule has 26 heavy (non-hydrogen) atoms. The van der Waals surface area contributed by atoms with Crippen LogP contribution in [0.25, 0.3) is 0 Å². The summed E-state index contributed by atoms with van der Waals surface area (Å²) in [6.45, 7) is 5.91. The molecule has 1 aromatic rings. The number of benzene rings is 1. The van der Waals surface area contributed by atoms with Gasteiger partial charge < -0.3 is 9.84 Å². The molecule has 2 aliphatic heterocycles. The quantitative estimate of drug-likeness (QED) is 0.666. The molecule has 136 valence electrons. The Morgan fingerprint density at radius 1 is 1.12 bits per heavy atom. The lowest BCUT2D eigenvalue weighted by Gasteiger charge is -2.23. The van der Waals surface area contributed by atoms with E-state index < -0.39 is 17.8 Å². The van der Waals surface area contributed by atoms with Crippen molar-refractivity contribution in [2.24, 2.45) is 17.8 Å². The van der Waals surface area contributed by atoms with Crippen LogP contribution in [-0.4, -0.2) is 34.9 Å². The van der Waals surface area contributed by atoms with Crippen molar-refractivity contribution in [1.82, 2.24) is 0 Å². The molecule has 6 atom stereocenters. The van der Waals surface area contributed by atoms with Gasteiger partial charge in [0.15, 0.2) is 11.6 Å². The molecule has 0 radical (unpaired) electrons. The third-order valence-corrected chi connectivity index (χ3v) is 6.14. The monoisotopic (exact) mass is 354 g/mol. The summed E-state index contributed by atoms with van der Waals surface area (Å²) in [4.78, 5) is 37.2. The fraction of sp³-hybridized carbons (Fsp3) is 0.476. The van der Waals surface area contributed by atoms with Crippen LogP contribution in [0.2, 0.25) is 0 Å². The topological polar surface area (TPSA) is 80.7 Å². The summed E-state index contributed by atoms with van der Waals surface area (Å²) >= 11 is 0. The molecule has 2 bridgehead atoms. The SMILES string of the molecule is Cc1cc(C)c(C2C(=O)C3C4CC(C=CC(=O)O)C(O4)C3C2=O)c(C)c1. The molecule has 0 aromatic heterocycles. The Balaban J connectivity index is 1.69. The Kier molecular flexibility index (Phi) is 3.88. The van der Waals surface area contributed by atoms with Gasteiger partial charge in [0, 0.05) is 12.0 Å². The van der Waals surface area contributed by atoms with E-state index in [0.717, 1.165) is 28.3 Å². The third-order valence-electron chi connectivity index (χ3n) is 6.14. The first-order valence-electron chi connectivity index (χ1n) is 9.01. The van der Waals surface area contributed by atoms with Gasteiger partial charge in [-0.25, -0.2) is 4.79 Å². The lowest BCUT2D eigenvalue weighted by atomic mass is 9.75. The van der Waals surface area contributed by atoms with Crippen molar-refractivity contribution in [2.45, 2.75) is 45.3 Å². The van der Waals surface area contributed by atoms with Crippen molar-refractivity contribution in [2.75, 3.05) is 0 Å². The molecule has 4 rings (SSSR count). The van der Waals surface area contributed by atoms with Gasteiger partial charge >= 0.3 is 5.97 Å². The van der Waals surface area contributed by atoms with E-state index in [2.05, 4.69) is 0 Å². The fourth-order valence-corrected chi connectivity index (χ4v) is 5.33. The van der Waals surface area contributed by atoms with E-state index in [1.165, 1.54) is 0 Å². The smallest absolute Gasteiger partial charge is 0.327 e. The molecule has 1 aliphatic carbocycles. The molecule has 2 saturated heterocycles. The first kappa shape index (κ1) is 17.2. The van der Waals surface area contributed by atoms with Crippen molar-refractivity contribution < 1.29 is 24.2 Å². The number of rotatable bonds is 3. The van der Waals surface area contributed by atoms with Crippen molar-refractivity contribution in [1.29, 1.82) is 0 Å². The minimum Gasteiger partial charge on any atom is -0.478 e. The molecule has 5 heteroatoms. The van der Waals surface area contributed by atoms with Crippen LogP contribution in [0, 0.1) is 38.5 Å². The zero-order valence-corrected chi connectivity index (χ0v) is 15.1. The molecular weight excluding hydrogens is 332 g/mol. The Hall–Kier alpha value is -2.27. The highest BCUT2D eigenvalue weighted by Gasteiger charge is 2.65. The van der Waals surface area contributed by atoms with Gasteiger partial charge in [0.25, 0.3) is 0 Å². The predicted molar refractivity (Wildman–Crippen MR) is 93.9 cm³/mol. The van der Waals surface area contributed by atoms with Crippen LogP contribution in [0.3, 0.4) is 0 Å². The van der Waals surface area contributed by atoms with Crippen molar-refractivity contribution >= 4 is 17.5 Å². The lowest BCUT2D eigenvalue weighted by molar-refractivity contribution is -0.131. The molecule has 5 nitrogen and oxygen atoms in total. The molecule has 0 amide bonds. The summed E-state index contributed by atoms with van der Waals surface area (Å²) < 4.78 is 5.90. The number of ketones is 2. The molecule has 3 fully saturated rings. The summed E-state index contributed by atoms with van der Waals surface area (Å²) in [6.07, 6.45) is 2.66. The summed E-state index contributed by atoms with van der Waals surface area (Å²) in [7, 11) is 0. The van der Waals surface area contributed by atoms with Gasteiger partial charge in [-0.3, -0.25) is 9.59 Å². The fourth-order valence-electron chi connectivity index (χ4n) is 5.33. The Labute approximate surface area is 152 Å². The predicted octanol–water partition coefficient (Wildman–Crippen LogP) is 2.51. The minimum absolute atomic E-state index is 0.0248. The Morgan fingerprint density at radius 3 is 2.35 bits per heavy atom. The van der Waals surface area contributed by atoms with E-state index in [1.54, 1.807) is 6.08 Å². The van der Waals surface area contributed by atoms with E-state index >= 15 is 0 Å². The van der Waals surface area contributed by atoms with Gasteiger partial charge in [0.2, 0.25) is 0 Å². The zero-order chi connectivity index (χ0) is 18.7. The van der Waals surface area contributed by atoms with E-state index in [9.17, 15) is 14.4 Å². The van der Waals surface area contributed by atoms with E-state index in [1.807, 2.05) is 32.9 Å². The van der Waals surface area contributed by atoms with Crippen LogP contribution in [0.15, 0.2) is 24.3 Å². The number of ether oxygens (including phenoxy) is 1. The average Bonchev–Trinajstić information content (AvgIpc) is 3.18. The number of fused-ring (bicyclic) bond motifs is 5. The number of Topliss-reactive ketones (excluding diaryl/α,β-unsaturated/α-hetero) is 2. The van der Waals surface area contributed by atoms with Crippen LogP contribution >= 0.6 is 0 Å². The normalized spacial score (nSPS) is 35.5. The van der Waals surface area contributed by atoms with Gasteiger partial charge in [-0.1, -0.05) is 23.8 Å².